The zero-order valence-electron chi connectivity index (χ0n) is 20.5. The molecule has 0 radical (unpaired) electrons. The van der Waals surface area contributed by atoms with Crippen molar-refractivity contribution in [3.63, 3.8) is 0 Å². The topological polar surface area (TPSA) is 63.8 Å². The van der Waals surface area contributed by atoms with Gasteiger partial charge in [-0.15, -0.1) is 23.5 Å². The summed E-state index contributed by atoms with van der Waals surface area (Å²) in [4.78, 5) is 16.7. The molecule has 5 nitrogen and oxygen atoms in total. The lowest BCUT2D eigenvalue weighted by atomic mass is 10.0. The van der Waals surface area contributed by atoms with Crippen molar-refractivity contribution >= 4 is 57.7 Å². The molecule has 1 N–H and O–H groups in total. The van der Waals surface area contributed by atoms with Crippen molar-refractivity contribution in [3.05, 3.63) is 70.4 Å². The van der Waals surface area contributed by atoms with Crippen LogP contribution < -0.4 is 0 Å². The largest absolute Gasteiger partial charge is 0.476 e. The van der Waals surface area contributed by atoms with Gasteiger partial charge in [0, 0.05) is 28.6 Å². The number of hydrogen-bond acceptors (Lipinski definition) is 5. The first-order valence-electron chi connectivity index (χ1n) is 12.0. The Morgan fingerprint density at radius 2 is 1.69 bits per heavy atom. The molecule has 0 fully saturated rings. The molecule has 0 saturated carbocycles. The number of thioether (sulfide) groups is 2. The van der Waals surface area contributed by atoms with Crippen molar-refractivity contribution < 1.29 is 14.7 Å². The van der Waals surface area contributed by atoms with E-state index in [0.29, 0.717) is 17.3 Å². The predicted molar refractivity (Wildman–Crippen MR) is 151 cm³/mol. The minimum atomic E-state index is -1.14. The monoisotopic (exact) mass is 532 g/mol. The maximum Gasteiger partial charge on any atom is 0.358 e. The van der Waals surface area contributed by atoms with E-state index >= 15 is 0 Å². The minimum Gasteiger partial charge on any atom is -0.476 e. The molecule has 35 heavy (non-hydrogen) atoms. The van der Waals surface area contributed by atoms with Gasteiger partial charge in [0.05, 0.1) is 4.58 Å². The van der Waals surface area contributed by atoms with E-state index in [1.54, 1.807) is 12.1 Å². The van der Waals surface area contributed by atoms with Crippen LogP contribution in [0.4, 0.5) is 0 Å². The molecule has 1 heterocycles. The molecule has 0 saturated heterocycles. The molecule has 3 rings (SSSR count). The van der Waals surface area contributed by atoms with Gasteiger partial charge in [0.15, 0.2) is 5.71 Å². The molecular weight excluding hydrogens is 500 g/mol. The first-order chi connectivity index (χ1) is 17.0. The van der Waals surface area contributed by atoms with Crippen molar-refractivity contribution in [1.29, 1.82) is 0 Å². The number of hydrogen-bond donors (Lipinski definition) is 1. The Hall–Kier alpha value is -2.09. The van der Waals surface area contributed by atoms with Gasteiger partial charge in [-0.1, -0.05) is 85.9 Å². The van der Waals surface area contributed by atoms with E-state index in [2.05, 4.69) is 41.8 Å². The summed E-state index contributed by atoms with van der Waals surface area (Å²) in [5.41, 5.74) is 3.40. The Balaban J connectivity index is 2.08. The number of aliphatic carboxylic acids is 1. The highest BCUT2D eigenvalue weighted by atomic mass is 35.5. The molecule has 2 aromatic carbocycles. The summed E-state index contributed by atoms with van der Waals surface area (Å²) in [5.74, 6) is 1.05. The third-order valence-corrected chi connectivity index (χ3v) is 9.05. The van der Waals surface area contributed by atoms with E-state index in [-0.39, 0.29) is 10.3 Å². The number of carbonyl (C=O) groups is 1. The number of carboxylic acid groups (broad SMARTS) is 1. The summed E-state index contributed by atoms with van der Waals surface area (Å²) in [7, 11) is 1.35. The smallest absolute Gasteiger partial charge is 0.358 e. The highest BCUT2D eigenvalue weighted by molar-refractivity contribution is 8.16. The van der Waals surface area contributed by atoms with Crippen molar-refractivity contribution in [3.8, 4) is 0 Å². The fourth-order valence-electron chi connectivity index (χ4n) is 3.92. The number of rotatable bonds is 14. The van der Waals surface area contributed by atoms with Crippen LogP contribution in [-0.4, -0.2) is 40.0 Å². The number of aromatic nitrogens is 1. The van der Waals surface area contributed by atoms with E-state index in [1.165, 1.54) is 32.8 Å². The molecular formula is C27H33ClN2O3S2. The van der Waals surface area contributed by atoms with Crippen LogP contribution in [0.25, 0.3) is 10.9 Å². The Labute approximate surface area is 221 Å². The highest BCUT2D eigenvalue weighted by Crippen LogP contribution is 2.47. The van der Waals surface area contributed by atoms with Crippen LogP contribution >= 0.6 is 35.1 Å². The van der Waals surface area contributed by atoms with Crippen molar-refractivity contribution in [2.24, 2.45) is 5.16 Å². The highest BCUT2D eigenvalue weighted by Gasteiger charge is 2.25. The van der Waals surface area contributed by atoms with Crippen LogP contribution in [0.2, 0.25) is 5.15 Å². The number of nitrogens with zero attached hydrogens (tertiary/aromatic N) is 2. The molecule has 0 aliphatic carbocycles. The number of fused-ring (bicyclic) bond motifs is 1. The average Bonchev–Trinajstić information content (AvgIpc) is 3.13. The standard InChI is InChI=1S/C27H33ClN2O3S2/c1-4-6-16-34-27(35-17-7-5-2)23-21-14-10-11-15-22(21)30(25(23)28)18-19-12-8-9-13-20(19)24(26(31)32)29-33-3/h8-15,27H,4-7,16-18H2,1-3H3,(H,31,32). The van der Waals surface area contributed by atoms with Crippen LogP contribution in [0.5, 0.6) is 0 Å². The third kappa shape index (κ3) is 6.78. The number of benzene rings is 2. The summed E-state index contributed by atoms with van der Waals surface area (Å²) in [6.07, 6.45) is 4.69. The van der Waals surface area contributed by atoms with Crippen molar-refractivity contribution in [2.45, 2.75) is 50.7 Å². The van der Waals surface area contributed by atoms with Crippen LogP contribution in [0.15, 0.2) is 53.7 Å². The van der Waals surface area contributed by atoms with Gasteiger partial charge in [0.25, 0.3) is 0 Å². The molecule has 0 amide bonds. The van der Waals surface area contributed by atoms with E-state index in [9.17, 15) is 9.90 Å². The normalized spacial score (nSPS) is 12.0. The molecule has 0 aliphatic heterocycles. The zero-order valence-corrected chi connectivity index (χ0v) is 22.9. The van der Waals surface area contributed by atoms with Gasteiger partial charge in [-0.2, -0.15) is 0 Å². The molecule has 0 atom stereocenters. The zero-order chi connectivity index (χ0) is 25.2. The Morgan fingerprint density at radius 3 is 2.31 bits per heavy atom. The number of unbranched alkanes of at least 4 members (excludes halogenated alkanes) is 2. The average molecular weight is 533 g/mol. The van der Waals surface area contributed by atoms with Gasteiger partial charge in [-0.3, -0.25) is 0 Å². The van der Waals surface area contributed by atoms with Crippen LogP contribution in [0, 0.1) is 0 Å². The van der Waals surface area contributed by atoms with Gasteiger partial charge in [-0.05, 0) is 36.0 Å². The fourth-order valence-corrected chi connectivity index (χ4v) is 7.52. The molecule has 0 bridgehead atoms. The third-order valence-electron chi connectivity index (χ3n) is 5.70. The molecule has 8 heteroatoms. The van der Waals surface area contributed by atoms with Gasteiger partial charge in [0.1, 0.15) is 12.3 Å². The summed E-state index contributed by atoms with van der Waals surface area (Å²) >= 11 is 11.1. The summed E-state index contributed by atoms with van der Waals surface area (Å²) < 4.78 is 2.33. The molecule has 0 unspecified atom stereocenters. The first-order valence-corrected chi connectivity index (χ1v) is 14.4. The van der Waals surface area contributed by atoms with Gasteiger partial charge in [-0.25, -0.2) is 4.79 Å². The predicted octanol–water partition coefficient (Wildman–Crippen LogP) is 7.84. The first kappa shape index (κ1) is 27.5. The molecule has 0 aliphatic rings. The maximum absolute atomic E-state index is 11.9. The van der Waals surface area contributed by atoms with E-state index < -0.39 is 5.97 Å². The number of oxime groups is 1. The number of carboxylic acids is 1. The fraction of sp³-hybridized carbons (Fsp3) is 0.407. The second-order valence-corrected chi connectivity index (χ2v) is 11.3. The van der Waals surface area contributed by atoms with Gasteiger partial charge >= 0.3 is 5.97 Å². The lowest BCUT2D eigenvalue weighted by Crippen LogP contribution is -2.18. The Kier molecular flexibility index (Phi) is 10.9. The summed E-state index contributed by atoms with van der Waals surface area (Å²) in [6, 6.07) is 15.7. The van der Waals surface area contributed by atoms with E-state index in [4.69, 9.17) is 16.4 Å². The van der Waals surface area contributed by atoms with Crippen LogP contribution in [0.1, 0.15) is 60.8 Å². The Morgan fingerprint density at radius 1 is 1.06 bits per heavy atom. The maximum atomic E-state index is 11.9. The molecule has 188 valence electrons. The second-order valence-electron chi connectivity index (χ2n) is 8.17. The SMILES string of the molecule is CCCCSC(SCCCC)c1c(Cl)n(Cc2ccccc2C(=NOC)C(=O)O)c2ccccc12. The number of para-hydroxylation sites is 1. The minimum absolute atomic E-state index is 0.126. The Bertz CT molecular complexity index is 1150. The second kappa shape index (κ2) is 13.9. The van der Waals surface area contributed by atoms with Crippen molar-refractivity contribution in [1.82, 2.24) is 4.57 Å². The summed E-state index contributed by atoms with van der Waals surface area (Å²) in [5, 5.41) is 15.3. The molecule has 1 aromatic heterocycles. The van der Waals surface area contributed by atoms with Gasteiger partial charge in [0.2, 0.25) is 0 Å². The van der Waals surface area contributed by atoms with Crippen molar-refractivity contribution in [2.75, 3.05) is 18.6 Å². The van der Waals surface area contributed by atoms with E-state index in [0.717, 1.165) is 33.5 Å². The lowest BCUT2D eigenvalue weighted by molar-refractivity contribution is -0.129. The number of halogens is 1. The lowest BCUT2D eigenvalue weighted by Gasteiger charge is -2.17. The quantitative estimate of drug-likeness (QED) is 0.0991. The molecule has 0 spiro atoms. The van der Waals surface area contributed by atoms with Crippen LogP contribution in [-0.2, 0) is 16.2 Å². The molecule has 3 aromatic rings. The van der Waals surface area contributed by atoms with E-state index in [1.807, 2.05) is 41.7 Å². The summed E-state index contributed by atoms with van der Waals surface area (Å²) in [6.45, 7) is 4.86. The van der Waals surface area contributed by atoms with Crippen LogP contribution in [0.3, 0.4) is 0 Å². The van der Waals surface area contributed by atoms with Gasteiger partial charge < -0.3 is 14.5 Å².